The van der Waals surface area contributed by atoms with Gasteiger partial charge in [0.25, 0.3) is 5.56 Å². The molecular formula is C20H15ClF2N4O2. The second kappa shape index (κ2) is 7.63. The van der Waals surface area contributed by atoms with Crippen molar-refractivity contribution in [1.29, 1.82) is 0 Å². The number of carbonyl (C=O) groups is 1. The van der Waals surface area contributed by atoms with Crippen molar-refractivity contribution < 1.29 is 13.6 Å². The first kappa shape index (κ1) is 19.1. The highest BCUT2D eigenvalue weighted by molar-refractivity contribution is 6.33. The molecule has 148 valence electrons. The Bertz CT molecular complexity index is 1140. The van der Waals surface area contributed by atoms with E-state index in [9.17, 15) is 18.4 Å². The predicted molar refractivity (Wildman–Crippen MR) is 106 cm³/mol. The molecule has 0 spiro atoms. The summed E-state index contributed by atoms with van der Waals surface area (Å²) < 4.78 is 27.8. The van der Waals surface area contributed by atoms with Crippen LogP contribution in [-0.2, 0) is 4.79 Å². The number of benzene rings is 2. The molecule has 0 aliphatic carbocycles. The minimum atomic E-state index is -0.944. The minimum Gasteiger partial charge on any atom is -0.371 e. The number of hydrogen-bond donors (Lipinski definition) is 1. The molecular weight excluding hydrogens is 402 g/mol. The number of amides is 1. The normalized spacial score (nSPS) is 16.3. The van der Waals surface area contributed by atoms with Gasteiger partial charge in [-0.15, -0.1) is 0 Å². The summed E-state index contributed by atoms with van der Waals surface area (Å²) in [5.74, 6) is -1.87. The molecule has 0 saturated carbocycles. The Labute approximate surface area is 169 Å². The van der Waals surface area contributed by atoms with E-state index in [4.69, 9.17) is 11.6 Å². The SMILES string of the molecule is O=C1C(Nc2cnn(-c3ccc(F)cc3F)c(=O)c2Cl)CCN1c1ccccc1. The van der Waals surface area contributed by atoms with Crippen molar-refractivity contribution in [2.75, 3.05) is 16.8 Å². The molecule has 2 heterocycles. The lowest BCUT2D eigenvalue weighted by Crippen LogP contribution is -2.34. The molecule has 1 amide bonds. The van der Waals surface area contributed by atoms with Gasteiger partial charge in [-0.25, -0.2) is 8.78 Å². The van der Waals surface area contributed by atoms with Crippen molar-refractivity contribution in [3.63, 3.8) is 0 Å². The summed E-state index contributed by atoms with van der Waals surface area (Å²) >= 11 is 6.15. The van der Waals surface area contributed by atoms with Crippen LogP contribution in [0.3, 0.4) is 0 Å². The fourth-order valence-electron chi connectivity index (χ4n) is 3.22. The second-order valence-corrected chi connectivity index (χ2v) is 6.87. The first-order chi connectivity index (χ1) is 14.0. The van der Waals surface area contributed by atoms with E-state index in [1.165, 1.54) is 6.20 Å². The average Bonchev–Trinajstić information content (AvgIpc) is 3.07. The highest BCUT2D eigenvalue weighted by Crippen LogP contribution is 2.25. The standard InChI is InChI=1S/C20H15ClF2N4O2/c21-18-16(11-24-27(20(18)29)17-7-6-12(22)10-14(17)23)25-15-8-9-26(19(15)28)13-4-2-1-3-5-13/h1-7,10-11,15,25H,8-9H2. The lowest BCUT2D eigenvalue weighted by Gasteiger charge is -2.18. The molecule has 1 fully saturated rings. The van der Waals surface area contributed by atoms with Gasteiger partial charge in [0.05, 0.1) is 11.9 Å². The lowest BCUT2D eigenvalue weighted by atomic mass is 10.2. The zero-order valence-electron chi connectivity index (χ0n) is 15.0. The van der Waals surface area contributed by atoms with Gasteiger partial charge in [-0.1, -0.05) is 29.8 Å². The van der Waals surface area contributed by atoms with E-state index in [0.717, 1.165) is 22.5 Å². The third-order valence-corrected chi connectivity index (χ3v) is 5.03. The molecule has 3 aromatic rings. The van der Waals surface area contributed by atoms with Crippen molar-refractivity contribution in [1.82, 2.24) is 9.78 Å². The molecule has 29 heavy (non-hydrogen) atoms. The van der Waals surface area contributed by atoms with Gasteiger partial charge in [0.1, 0.15) is 22.6 Å². The smallest absolute Gasteiger partial charge is 0.292 e. The summed E-state index contributed by atoms with van der Waals surface area (Å²) in [7, 11) is 0. The average molecular weight is 417 g/mol. The van der Waals surface area contributed by atoms with Crippen molar-refractivity contribution >= 4 is 28.9 Å². The van der Waals surface area contributed by atoms with Crippen LogP contribution in [0.2, 0.25) is 5.02 Å². The van der Waals surface area contributed by atoms with Crippen LogP contribution < -0.4 is 15.8 Å². The van der Waals surface area contributed by atoms with Crippen molar-refractivity contribution in [3.05, 3.63) is 81.7 Å². The predicted octanol–water partition coefficient (Wildman–Crippen LogP) is 3.38. The number of rotatable bonds is 4. The van der Waals surface area contributed by atoms with E-state index in [-0.39, 0.29) is 22.3 Å². The number of hydrogen-bond acceptors (Lipinski definition) is 4. The van der Waals surface area contributed by atoms with Crippen LogP contribution >= 0.6 is 11.6 Å². The van der Waals surface area contributed by atoms with Crippen LogP contribution in [0.15, 0.2) is 59.5 Å². The second-order valence-electron chi connectivity index (χ2n) is 6.50. The highest BCUT2D eigenvalue weighted by Gasteiger charge is 2.33. The summed E-state index contributed by atoms with van der Waals surface area (Å²) in [5, 5.41) is 6.62. The Hall–Kier alpha value is -3.26. The summed E-state index contributed by atoms with van der Waals surface area (Å²) in [5.41, 5.74) is -0.0542. The summed E-state index contributed by atoms with van der Waals surface area (Å²) in [4.78, 5) is 26.9. The molecule has 0 bridgehead atoms. The molecule has 4 rings (SSSR count). The zero-order chi connectivity index (χ0) is 20.5. The first-order valence-corrected chi connectivity index (χ1v) is 9.20. The first-order valence-electron chi connectivity index (χ1n) is 8.82. The molecule has 1 saturated heterocycles. The van der Waals surface area contributed by atoms with Crippen molar-refractivity contribution in [2.24, 2.45) is 0 Å². The maximum atomic E-state index is 14.0. The maximum absolute atomic E-state index is 14.0. The Kier molecular flexibility index (Phi) is 5.02. The molecule has 6 nitrogen and oxygen atoms in total. The van der Waals surface area contributed by atoms with E-state index in [1.807, 2.05) is 30.3 Å². The van der Waals surface area contributed by atoms with Crippen LogP contribution in [0.25, 0.3) is 5.69 Å². The largest absolute Gasteiger partial charge is 0.371 e. The molecule has 2 aromatic carbocycles. The molecule has 1 N–H and O–H groups in total. The topological polar surface area (TPSA) is 67.2 Å². The van der Waals surface area contributed by atoms with Gasteiger partial charge in [0, 0.05) is 18.3 Å². The van der Waals surface area contributed by atoms with Gasteiger partial charge in [-0.3, -0.25) is 9.59 Å². The maximum Gasteiger partial charge on any atom is 0.292 e. The van der Waals surface area contributed by atoms with Gasteiger partial charge in [-0.05, 0) is 30.7 Å². The van der Waals surface area contributed by atoms with Crippen LogP contribution in [0, 0.1) is 11.6 Å². The van der Waals surface area contributed by atoms with Crippen LogP contribution in [0.4, 0.5) is 20.2 Å². The van der Waals surface area contributed by atoms with Gasteiger partial charge >= 0.3 is 0 Å². The van der Waals surface area contributed by atoms with Gasteiger partial charge in [0.15, 0.2) is 5.82 Å². The molecule has 1 aliphatic rings. The highest BCUT2D eigenvalue weighted by atomic mass is 35.5. The molecule has 1 unspecified atom stereocenters. The molecule has 9 heteroatoms. The number of nitrogens with one attached hydrogen (secondary N) is 1. The van der Waals surface area contributed by atoms with E-state index < -0.39 is 23.2 Å². The van der Waals surface area contributed by atoms with Gasteiger partial charge in [-0.2, -0.15) is 9.78 Å². The Morgan fingerprint density at radius 2 is 1.86 bits per heavy atom. The van der Waals surface area contributed by atoms with Crippen molar-refractivity contribution in [3.8, 4) is 5.69 Å². The van der Waals surface area contributed by atoms with E-state index >= 15 is 0 Å². The zero-order valence-corrected chi connectivity index (χ0v) is 15.7. The molecule has 1 atom stereocenters. The third kappa shape index (κ3) is 3.58. The van der Waals surface area contributed by atoms with Crippen molar-refractivity contribution in [2.45, 2.75) is 12.5 Å². The monoisotopic (exact) mass is 416 g/mol. The Morgan fingerprint density at radius 3 is 2.59 bits per heavy atom. The fraction of sp³-hybridized carbons (Fsp3) is 0.150. The van der Waals surface area contributed by atoms with Crippen LogP contribution in [-0.4, -0.2) is 28.3 Å². The number of para-hydroxylation sites is 1. The number of aromatic nitrogens is 2. The Morgan fingerprint density at radius 1 is 1.10 bits per heavy atom. The molecule has 1 aromatic heterocycles. The van der Waals surface area contributed by atoms with E-state index in [1.54, 1.807) is 4.90 Å². The number of carbonyl (C=O) groups excluding carboxylic acids is 1. The van der Waals surface area contributed by atoms with E-state index in [2.05, 4.69) is 10.4 Å². The molecule has 1 aliphatic heterocycles. The van der Waals surface area contributed by atoms with Gasteiger partial charge < -0.3 is 10.2 Å². The van der Waals surface area contributed by atoms with Gasteiger partial charge in [0.2, 0.25) is 5.91 Å². The lowest BCUT2D eigenvalue weighted by molar-refractivity contribution is -0.117. The minimum absolute atomic E-state index is 0.152. The summed E-state index contributed by atoms with van der Waals surface area (Å²) in [6.45, 7) is 0.517. The van der Waals surface area contributed by atoms with Crippen LogP contribution in [0.5, 0.6) is 0 Å². The summed E-state index contributed by atoms with van der Waals surface area (Å²) in [6, 6.07) is 11.4. The Balaban J connectivity index is 1.58. The third-order valence-electron chi connectivity index (χ3n) is 4.66. The fourth-order valence-corrected chi connectivity index (χ4v) is 3.41. The number of halogens is 3. The number of nitrogens with zero attached hydrogens (tertiary/aromatic N) is 3. The molecule has 0 radical (unpaired) electrons. The quantitative estimate of drug-likeness (QED) is 0.708. The summed E-state index contributed by atoms with van der Waals surface area (Å²) in [6.07, 6.45) is 1.75. The number of anilines is 2. The van der Waals surface area contributed by atoms with E-state index in [0.29, 0.717) is 19.0 Å². The van der Waals surface area contributed by atoms with Crippen LogP contribution in [0.1, 0.15) is 6.42 Å².